The molecule has 0 aromatic heterocycles. The fourth-order valence-electron chi connectivity index (χ4n) is 1.45. The van der Waals surface area contributed by atoms with E-state index in [1.165, 1.54) is 7.11 Å². The minimum absolute atomic E-state index is 0.0772. The number of anilines is 1. The predicted molar refractivity (Wildman–Crippen MR) is 90.9 cm³/mol. The lowest BCUT2D eigenvalue weighted by atomic mass is 9.82. The molecule has 0 amide bonds. The van der Waals surface area contributed by atoms with Crippen molar-refractivity contribution in [3.63, 3.8) is 0 Å². The molecule has 0 spiro atoms. The fraction of sp³-hybridized carbons (Fsp3) is 0.533. The monoisotopic (exact) mass is 308 g/mol. The Balaban J connectivity index is 2.82. The van der Waals surface area contributed by atoms with Crippen LogP contribution in [0.5, 0.6) is 0 Å². The molecular formula is C15H24BNO3P. The second-order valence-corrected chi connectivity index (χ2v) is 7.62. The second kappa shape index (κ2) is 6.80. The third kappa shape index (κ3) is 5.01. The van der Waals surface area contributed by atoms with E-state index in [1.807, 2.05) is 26.0 Å². The Bertz CT molecular complexity index is 512. The quantitative estimate of drug-likeness (QED) is 0.376. The molecule has 0 aliphatic rings. The molecule has 0 fully saturated rings. The minimum atomic E-state index is -0.346. The normalized spacial score (nSPS) is 12.1. The molecule has 4 nitrogen and oxygen atoms in total. The van der Waals surface area contributed by atoms with Crippen LogP contribution in [0.3, 0.4) is 0 Å². The summed E-state index contributed by atoms with van der Waals surface area (Å²) in [5.41, 5.74) is 7.71. The zero-order valence-electron chi connectivity index (χ0n) is 13.4. The van der Waals surface area contributed by atoms with Crippen LogP contribution in [-0.4, -0.2) is 31.3 Å². The molecule has 1 unspecified atom stereocenters. The average molecular weight is 308 g/mol. The second-order valence-electron chi connectivity index (χ2n) is 6.18. The van der Waals surface area contributed by atoms with Gasteiger partial charge >= 0.3 is 13.5 Å². The van der Waals surface area contributed by atoms with Crippen molar-refractivity contribution in [1.82, 2.24) is 0 Å². The highest BCUT2D eigenvalue weighted by Crippen LogP contribution is 2.33. The highest BCUT2D eigenvalue weighted by molar-refractivity contribution is 7.19. The van der Waals surface area contributed by atoms with Crippen LogP contribution in [0.2, 0.25) is 0 Å². The number of carbonyl (C=O) groups excluding carboxylic acids is 1. The third-order valence-electron chi connectivity index (χ3n) is 3.77. The highest BCUT2D eigenvalue weighted by Gasteiger charge is 2.33. The maximum atomic E-state index is 11.4. The summed E-state index contributed by atoms with van der Waals surface area (Å²) >= 11 is 0. The van der Waals surface area contributed by atoms with Crippen LogP contribution in [0.15, 0.2) is 18.2 Å². The largest absolute Gasteiger partial charge is 0.469 e. The summed E-state index contributed by atoms with van der Waals surface area (Å²) in [6, 6.07) is 5.48. The van der Waals surface area contributed by atoms with Gasteiger partial charge in [-0.1, -0.05) is 31.4 Å². The lowest BCUT2D eigenvalue weighted by Crippen LogP contribution is -2.45. The average Bonchev–Trinajstić information content (AvgIpc) is 2.38. The smallest absolute Gasteiger partial charge is 0.330 e. The van der Waals surface area contributed by atoms with Gasteiger partial charge in [-0.2, -0.15) is 0 Å². The van der Waals surface area contributed by atoms with Gasteiger partial charge in [0.05, 0.1) is 19.1 Å². The van der Waals surface area contributed by atoms with Gasteiger partial charge in [0.15, 0.2) is 0 Å². The Morgan fingerprint density at radius 2 is 1.95 bits per heavy atom. The molecular weight excluding hydrogens is 284 g/mol. The van der Waals surface area contributed by atoms with Crippen molar-refractivity contribution >= 4 is 33.8 Å². The maximum Gasteiger partial charge on any atom is 0.330 e. The van der Waals surface area contributed by atoms with Crippen LogP contribution in [0.25, 0.3) is 0 Å². The van der Waals surface area contributed by atoms with Crippen molar-refractivity contribution in [2.45, 2.75) is 44.9 Å². The molecule has 0 aliphatic carbocycles. The van der Waals surface area contributed by atoms with E-state index < -0.39 is 0 Å². The van der Waals surface area contributed by atoms with Crippen LogP contribution in [-0.2, 0) is 20.6 Å². The molecule has 0 heterocycles. The number of benzene rings is 1. The first-order valence-electron chi connectivity index (χ1n) is 6.82. The van der Waals surface area contributed by atoms with Crippen LogP contribution < -0.4 is 11.2 Å². The number of carbonyl (C=O) groups is 1. The van der Waals surface area contributed by atoms with Gasteiger partial charge in [-0.3, -0.25) is 4.79 Å². The number of hydrogen-bond donors (Lipinski definition) is 1. The molecule has 1 aromatic carbocycles. The minimum Gasteiger partial charge on any atom is -0.469 e. The van der Waals surface area contributed by atoms with E-state index in [0.29, 0.717) is 5.69 Å². The number of rotatable bonds is 6. The molecule has 1 aromatic rings. The van der Waals surface area contributed by atoms with E-state index >= 15 is 0 Å². The van der Waals surface area contributed by atoms with Crippen LogP contribution in [0, 0.1) is 0 Å². The summed E-state index contributed by atoms with van der Waals surface area (Å²) in [5, 5.41) is -0.0772. The fourth-order valence-corrected chi connectivity index (χ4v) is 1.52. The SMILES string of the molecule is COC(=O)Cc1cc([B]OC(C)(C)C(C)(C)P)ccc1N. The van der Waals surface area contributed by atoms with Gasteiger partial charge in [-0.15, -0.1) is 9.24 Å². The van der Waals surface area contributed by atoms with E-state index in [-0.39, 0.29) is 23.1 Å². The lowest BCUT2D eigenvalue weighted by Gasteiger charge is -2.39. The van der Waals surface area contributed by atoms with Gasteiger partial charge in [-0.05, 0) is 25.5 Å². The van der Waals surface area contributed by atoms with Gasteiger partial charge in [0.1, 0.15) is 0 Å². The Hall–Kier alpha value is -1.06. The summed E-state index contributed by atoms with van der Waals surface area (Å²) in [5.74, 6) is -0.314. The zero-order chi connectivity index (χ0) is 16.3. The van der Waals surface area contributed by atoms with Crippen molar-refractivity contribution in [1.29, 1.82) is 0 Å². The number of ether oxygens (including phenoxy) is 1. The van der Waals surface area contributed by atoms with Crippen molar-refractivity contribution in [3.8, 4) is 0 Å². The molecule has 1 atom stereocenters. The predicted octanol–water partition coefficient (Wildman–Crippen LogP) is 1.68. The molecule has 1 radical (unpaired) electrons. The standard InChI is InChI=1S/C15H24BNO3P/c1-14(2,15(3,4)21)20-16-11-6-7-12(17)10(8-11)9-13(18)19-5/h6-8H,9,17,21H2,1-5H3. The number of methoxy groups -OCH3 is 1. The first-order valence-corrected chi connectivity index (χ1v) is 7.39. The van der Waals surface area contributed by atoms with Crippen molar-refractivity contribution in [2.75, 3.05) is 12.8 Å². The van der Waals surface area contributed by atoms with Gasteiger partial charge in [-0.25, -0.2) is 0 Å². The summed E-state index contributed by atoms with van der Waals surface area (Å²) < 4.78 is 10.6. The van der Waals surface area contributed by atoms with E-state index in [1.54, 1.807) is 13.5 Å². The Labute approximate surface area is 130 Å². The molecule has 1 rings (SSSR count). The molecule has 2 N–H and O–H groups in total. The highest BCUT2D eigenvalue weighted by atomic mass is 31.0. The molecule has 21 heavy (non-hydrogen) atoms. The Morgan fingerprint density at radius 1 is 1.33 bits per heavy atom. The number of esters is 1. The first kappa shape index (κ1) is 18.0. The molecule has 6 heteroatoms. The van der Waals surface area contributed by atoms with Gasteiger partial charge < -0.3 is 15.1 Å². The van der Waals surface area contributed by atoms with Crippen molar-refractivity contribution in [2.24, 2.45) is 0 Å². The number of hydrogen-bond acceptors (Lipinski definition) is 4. The van der Waals surface area contributed by atoms with Crippen LogP contribution >= 0.6 is 9.24 Å². The van der Waals surface area contributed by atoms with Gasteiger partial charge in [0, 0.05) is 10.8 Å². The lowest BCUT2D eigenvalue weighted by molar-refractivity contribution is -0.139. The Morgan fingerprint density at radius 3 is 2.48 bits per heavy atom. The number of nitrogens with two attached hydrogens (primary N) is 1. The summed E-state index contributed by atoms with van der Waals surface area (Å²) in [4.78, 5) is 11.4. The van der Waals surface area contributed by atoms with E-state index in [0.717, 1.165) is 11.0 Å². The Kier molecular flexibility index (Phi) is 5.83. The summed E-state index contributed by atoms with van der Waals surface area (Å²) in [7, 11) is 5.85. The first-order chi connectivity index (χ1) is 9.56. The van der Waals surface area contributed by atoms with E-state index in [2.05, 4.69) is 27.8 Å². The molecule has 0 saturated carbocycles. The topological polar surface area (TPSA) is 61.5 Å². The van der Waals surface area contributed by atoms with Crippen molar-refractivity contribution in [3.05, 3.63) is 23.8 Å². The third-order valence-corrected chi connectivity index (χ3v) is 4.47. The molecule has 0 bridgehead atoms. The van der Waals surface area contributed by atoms with Gasteiger partial charge in [0.2, 0.25) is 0 Å². The van der Waals surface area contributed by atoms with Crippen LogP contribution in [0.1, 0.15) is 33.3 Å². The molecule has 0 aliphatic heterocycles. The molecule has 0 saturated heterocycles. The summed E-state index contributed by atoms with van der Waals surface area (Å²) in [6.07, 6.45) is 0.155. The van der Waals surface area contributed by atoms with Crippen LogP contribution in [0.4, 0.5) is 5.69 Å². The maximum absolute atomic E-state index is 11.4. The number of nitrogen functional groups attached to an aromatic ring is 1. The van der Waals surface area contributed by atoms with Crippen molar-refractivity contribution < 1.29 is 14.2 Å². The molecule has 115 valence electrons. The van der Waals surface area contributed by atoms with Gasteiger partial charge in [0.25, 0.3) is 0 Å². The zero-order valence-corrected chi connectivity index (χ0v) is 14.6. The van der Waals surface area contributed by atoms with E-state index in [4.69, 9.17) is 10.4 Å². The summed E-state index contributed by atoms with van der Waals surface area (Å²) in [6.45, 7) is 8.25. The van der Waals surface area contributed by atoms with E-state index in [9.17, 15) is 4.79 Å².